The fourth-order valence-corrected chi connectivity index (χ4v) is 2.80. The number of hydrogen-bond acceptors (Lipinski definition) is 0. The van der Waals surface area contributed by atoms with Gasteiger partial charge < -0.3 is 0 Å². The Morgan fingerprint density at radius 2 is 1.13 bits per heavy atom. The first kappa shape index (κ1) is 24.5. The molecule has 0 unspecified atom stereocenters. The van der Waals surface area contributed by atoms with E-state index in [1.165, 1.54) is 11.1 Å². The average molecular weight is 321 g/mol. The molecule has 1 rings (SSSR count). The number of rotatable bonds is 2. The highest BCUT2D eigenvalue weighted by Gasteiger charge is 2.25. The highest BCUT2D eigenvalue weighted by atomic mass is 14.3. The van der Waals surface area contributed by atoms with Crippen LogP contribution in [-0.2, 0) is 5.41 Å². The maximum Gasteiger partial charge on any atom is -0.0126 e. The Kier molecular flexibility index (Phi) is 9.47. The molecule has 0 radical (unpaired) electrons. The van der Waals surface area contributed by atoms with Gasteiger partial charge >= 0.3 is 0 Å². The highest BCUT2D eigenvalue weighted by molar-refractivity contribution is 5.47. The molecule has 0 saturated carbocycles. The zero-order valence-electron chi connectivity index (χ0n) is 17.3. The molecule has 0 fully saturated rings. The van der Waals surface area contributed by atoms with Crippen LogP contribution in [0, 0.1) is 12.3 Å². The summed E-state index contributed by atoms with van der Waals surface area (Å²) in [5, 5.41) is 0. The van der Waals surface area contributed by atoms with Crippen molar-refractivity contribution >= 4 is 0 Å². The minimum absolute atomic E-state index is 0. The fraction of sp³-hybridized carbons (Fsp3) is 0.739. The van der Waals surface area contributed by atoms with Crippen LogP contribution >= 0.6 is 0 Å². The molecule has 0 atom stereocenters. The van der Waals surface area contributed by atoms with Gasteiger partial charge in [0.05, 0.1) is 0 Å². The van der Waals surface area contributed by atoms with Crippen molar-refractivity contribution in [2.45, 2.75) is 108 Å². The van der Waals surface area contributed by atoms with Gasteiger partial charge in [-0.2, -0.15) is 0 Å². The summed E-state index contributed by atoms with van der Waals surface area (Å²) in [4.78, 5) is 0. The summed E-state index contributed by atoms with van der Waals surface area (Å²) in [7, 11) is 0. The predicted molar refractivity (Wildman–Crippen MR) is 110 cm³/mol. The van der Waals surface area contributed by atoms with Crippen LogP contribution in [-0.4, -0.2) is 0 Å². The first-order chi connectivity index (χ1) is 9.66. The van der Waals surface area contributed by atoms with Gasteiger partial charge in [0, 0.05) is 0 Å². The summed E-state index contributed by atoms with van der Waals surface area (Å²) in [6, 6.07) is 4.62. The van der Waals surface area contributed by atoms with Gasteiger partial charge in [-0.3, -0.25) is 0 Å². The Balaban J connectivity index is 0. The van der Waals surface area contributed by atoms with Crippen LogP contribution in [0.2, 0.25) is 0 Å². The maximum absolute atomic E-state index is 2.33. The molecule has 0 saturated heterocycles. The molecular weight excluding hydrogens is 276 g/mol. The van der Waals surface area contributed by atoms with Gasteiger partial charge in [-0.1, -0.05) is 95.7 Å². The lowest BCUT2D eigenvalue weighted by molar-refractivity contribution is 0.469. The molecular formula is C23H44. The van der Waals surface area contributed by atoms with E-state index in [1.54, 1.807) is 11.1 Å². The van der Waals surface area contributed by atoms with Gasteiger partial charge in [0.25, 0.3) is 0 Å². The van der Waals surface area contributed by atoms with Crippen LogP contribution in [0.1, 0.15) is 118 Å². The SMILES string of the molecule is C.CC(C)(C)C.Cc1ccc(C(C)C)c(C(C)(C)C)c1C(C)C. The first-order valence-electron chi connectivity index (χ1n) is 8.80. The van der Waals surface area contributed by atoms with Crippen molar-refractivity contribution in [3.63, 3.8) is 0 Å². The number of benzene rings is 1. The summed E-state index contributed by atoms with van der Waals surface area (Å²) in [6.07, 6.45) is 0. The summed E-state index contributed by atoms with van der Waals surface area (Å²) >= 11 is 0. The molecule has 23 heavy (non-hydrogen) atoms. The largest absolute Gasteiger partial charge is 0.0776 e. The van der Waals surface area contributed by atoms with Crippen LogP contribution in [0.15, 0.2) is 12.1 Å². The second-order valence-corrected chi connectivity index (χ2v) is 9.82. The van der Waals surface area contributed by atoms with E-state index in [1.807, 2.05) is 0 Å². The minimum atomic E-state index is 0. The monoisotopic (exact) mass is 320 g/mol. The van der Waals surface area contributed by atoms with Crippen molar-refractivity contribution < 1.29 is 0 Å². The molecule has 0 aliphatic rings. The van der Waals surface area contributed by atoms with Gasteiger partial charge in [-0.15, -0.1) is 0 Å². The van der Waals surface area contributed by atoms with Gasteiger partial charge in [-0.05, 0) is 51.8 Å². The molecule has 136 valence electrons. The molecule has 0 aliphatic carbocycles. The third-order valence-electron chi connectivity index (χ3n) is 3.45. The zero-order valence-corrected chi connectivity index (χ0v) is 17.3. The Morgan fingerprint density at radius 3 is 1.39 bits per heavy atom. The summed E-state index contributed by atoms with van der Waals surface area (Å²) in [5.74, 6) is 1.20. The standard InChI is InChI=1S/C17H28.C5H12.CH4/c1-11(2)14-10-9-13(5)15(12(3)4)16(14)17(6,7)8;1-5(2,3)4;/h9-12H,1-8H3;1-4H3;1H4. The molecule has 1 aromatic carbocycles. The van der Waals surface area contributed by atoms with Crippen LogP contribution < -0.4 is 0 Å². The molecule has 1 aromatic rings. The lowest BCUT2D eigenvalue weighted by Crippen LogP contribution is -2.19. The van der Waals surface area contributed by atoms with E-state index in [0.717, 1.165) is 0 Å². The van der Waals surface area contributed by atoms with Crippen molar-refractivity contribution in [1.82, 2.24) is 0 Å². The smallest absolute Gasteiger partial charge is 0.0126 e. The molecule has 0 aliphatic heterocycles. The summed E-state index contributed by atoms with van der Waals surface area (Å²) in [5.41, 5.74) is 6.82. The highest BCUT2D eigenvalue weighted by Crippen LogP contribution is 2.38. The normalized spacial score (nSPS) is 11.9. The van der Waals surface area contributed by atoms with Crippen molar-refractivity contribution in [3.8, 4) is 0 Å². The van der Waals surface area contributed by atoms with Crippen LogP contribution in [0.3, 0.4) is 0 Å². The Hall–Kier alpha value is -0.780. The molecule has 0 aromatic heterocycles. The first-order valence-corrected chi connectivity index (χ1v) is 8.80. The quantitative estimate of drug-likeness (QED) is 0.514. The molecule has 0 amide bonds. The van der Waals surface area contributed by atoms with Gasteiger partial charge in [0.15, 0.2) is 0 Å². The minimum Gasteiger partial charge on any atom is -0.0776 e. The summed E-state index contributed by atoms with van der Waals surface area (Å²) in [6.45, 7) is 27.2. The lowest BCUT2D eigenvalue weighted by atomic mass is 9.74. The van der Waals surface area contributed by atoms with E-state index < -0.39 is 0 Å². The second kappa shape index (κ2) is 8.90. The van der Waals surface area contributed by atoms with Gasteiger partial charge in [0.2, 0.25) is 0 Å². The average Bonchev–Trinajstić information content (AvgIpc) is 2.23. The zero-order chi connectivity index (χ0) is 17.9. The third-order valence-corrected chi connectivity index (χ3v) is 3.45. The maximum atomic E-state index is 2.33. The van der Waals surface area contributed by atoms with E-state index in [0.29, 0.717) is 17.3 Å². The lowest BCUT2D eigenvalue weighted by Gasteiger charge is -2.31. The molecule has 0 heterocycles. The van der Waals surface area contributed by atoms with Crippen molar-refractivity contribution in [3.05, 3.63) is 34.4 Å². The Morgan fingerprint density at radius 1 is 0.739 bits per heavy atom. The Labute approximate surface area is 148 Å². The van der Waals surface area contributed by atoms with Gasteiger partial charge in [0.1, 0.15) is 0 Å². The predicted octanol–water partition coefficient (Wildman–Crippen LogP) is 8.23. The number of aryl methyl sites for hydroxylation is 1. The second-order valence-electron chi connectivity index (χ2n) is 9.82. The van der Waals surface area contributed by atoms with Crippen molar-refractivity contribution in [2.24, 2.45) is 5.41 Å². The number of hydrogen-bond donors (Lipinski definition) is 0. The van der Waals surface area contributed by atoms with E-state index in [9.17, 15) is 0 Å². The van der Waals surface area contributed by atoms with Crippen LogP contribution in [0.5, 0.6) is 0 Å². The molecule has 0 heteroatoms. The van der Waals surface area contributed by atoms with Crippen LogP contribution in [0.25, 0.3) is 0 Å². The summed E-state index contributed by atoms with van der Waals surface area (Å²) < 4.78 is 0. The molecule has 0 nitrogen and oxygen atoms in total. The third kappa shape index (κ3) is 8.58. The van der Waals surface area contributed by atoms with Crippen LogP contribution in [0.4, 0.5) is 0 Å². The van der Waals surface area contributed by atoms with Gasteiger partial charge in [-0.25, -0.2) is 0 Å². The van der Waals surface area contributed by atoms with E-state index in [4.69, 9.17) is 0 Å². The van der Waals surface area contributed by atoms with Crippen molar-refractivity contribution in [2.75, 3.05) is 0 Å². The molecule has 0 spiro atoms. The topological polar surface area (TPSA) is 0 Å². The van der Waals surface area contributed by atoms with E-state index >= 15 is 0 Å². The van der Waals surface area contributed by atoms with E-state index in [-0.39, 0.29) is 12.8 Å². The fourth-order valence-electron chi connectivity index (χ4n) is 2.80. The molecule has 0 bridgehead atoms. The molecule has 0 N–H and O–H groups in total. The van der Waals surface area contributed by atoms with Crippen molar-refractivity contribution in [1.29, 1.82) is 0 Å². The Bertz CT molecular complexity index is 456. The van der Waals surface area contributed by atoms with E-state index in [2.05, 4.69) is 95.2 Å².